The summed E-state index contributed by atoms with van der Waals surface area (Å²) < 4.78 is 2.71. The van der Waals surface area contributed by atoms with E-state index in [1.54, 1.807) is 4.68 Å². The third-order valence-corrected chi connectivity index (χ3v) is 4.06. The first-order chi connectivity index (χ1) is 10.2. The van der Waals surface area contributed by atoms with Crippen LogP contribution in [-0.2, 0) is 0 Å². The Balaban J connectivity index is 2.07. The van der Waals surface area contributed by atoms with Crippen LogP contribution in [0.5, 0.6) is 0 Å². The number of hydrogen-bond donors (Lipinski definition) is 1. The van der Waals surface area contributed by atoms with Gasteiger partial charge in [-0.15, -0.1) is 5.10 Å². The van der Waals surface area contributed by atoms with Gasteiger partial charge in [0.1, 0.15) is 0 Å². The molecule has 0 saturated carbocycles. The summed E-state index contributed by atoms with van der Waals surface area (Å²) in [6.07, 6.45) is 0. The summed E-state index contributed by atoms with van der Waals surface area (Å²) in [5.74, 6) is 0.686. The molecule has 3 rings (SSSR count). The van der Waals surface area contributed by atoms with Gasteiger partial charge in [-0.1, -0.05) is 46.3 Å². The van der Waals surface area contributed by atoms with E-state index in [0.29, 0.717) is 11.5 Å². The van der Waals surface area contributed by atoms with E-state index in [1.807, 2.05) is 36.4 Å². The van der Waals surface area contributed by atoms with Crippen LogP contribution in [0.4, 0.5) is 5.69 Å². The molecule has 1 heterocycles. The fraction of sp³-hybridized carbons (Fsp3) is 0.133. The molecule has 6 heteroatoms. The predicted octanol–water partition coefficient (Wildman–Crippen LogP) is 3.29. The monoisotopic (exact) mass is 343 g/mol. The van der Waals surface area contributed by atoms with E-state index in [2.05, 4.69) is 50.5 Å². The molecule has 0 aliphatic carbocycles. The third kappa shape index (κ3) is 2.67. The van der Waals surface area contributed by atoms with Crippen molar-refractivity contribution in [3.63, 3.8) is 0 Å². The zero-order valence-corrected chi connectivity index (χ0v) is 13.0. The fourth-order valence-electron chi connectivity index (χ4n) is 2.22. The molecule has 1 unspecified atom stereocenters. The third-order valence-electron chi connectivity index (χ3n) is 3.37. The van der Waals surface area contributed by atoms with Crippen molar-refractivity contribution < 1.29 is 0 Å². The van der Waals surface area contributed by atoms with Crippen molar-refractivity contribution in [3.8, 4) is 11.4 Å². The summed E-state index contributed by atoms with van der Waals surface area (Å²) in [5, 5.41) is 12.1. The van der Waals surface area contributed by atoms with Gasteiger partial charge >= 0.3 is 0 Å². The van der Waals surface area contributed by atoms with Gasteiger partial charge in [0.15, 0.2) is 5.82 Å². The van der Waals surface area contributed by atoms with E-state index in [1.165, 1.54) is 0 Å². The van der Waals surface area contributed by atoms with Crippen LogP contribution in [0.25, 0.3) is 11.4 Å². The van der Waals surface area contributed by atoms with Gasteiger partial charge in [-0.3, -0.25) is 0 Å². The van der Waals surface area contributed by atoms with E-state index < -0.39 is 0 Å². The van der Waals surface area contributed by atoms with Gasteiger partial charge in [0.2, 0.25) is 0 Å². The number of anilines is 1. The van der Waals surface area contributed by atoms with Crippen molar-refractivity contribution in [2.75, 3.05) is 5.73 Å². The summed E-state index contributed by atoms with van der Waals surface area (Å²) in [6, 6.07) is 15.8. The molecule has 1 atom stereocenters. The van der Waals surface area contributed by atoms with Crippen molar-refractivity contribution in [1.82, 2.24) is 20.2 Å². The average Bonchev–Trinajstić information content (AvgIpc) is 2.99. The van der Waals surface area contributed by atoms with Crippen LogP contribution in [0, 0.1) is 0 Å². The number of hydrogen-bond acceptors (Lipinski definition) is 4. The van der Waals surface area contributed by atoms with E-state index in [-0.39, 0.29) is 6.04 Å². The number of aromatic nitrogens is 4. The molecule has 3 aromatic rings. The molecule has 0 aliphatic heterocycles. The zero-order chi connectivity index (χ0) is 14.8. The minimum absolute atomic E-state index is 0.0320. The van der Waals surface area contributed by atoms with Crippen molar-refractivity contribution >= 4 is 21.6 Å². The second-order valence-electron chi connectivity index (χ2n) is 4.77. The first kappa shape index (κ1) is 13.8. The SMILES string of the molecule is CC(c1ccccc1)n1nnnc1-c1cc(N)ccc1Br. The molecule has 2 N–H and O–H groups in total. The van der Waals surface area contributed by atoms with E-state index in [4.69, 9.17) is 5.73 Å². The lowest BCUT2D eigenvalue weighted by atomic mass is 10.1. The smallest absolute Gasteiger partial charge is 0.183 e. The number of nitrogens with two attached hydrogens (primary N) is 1. The van der Waals surface area contributed by atoms with Gasteiger partial charge in [0.25, 0.3) is 0 Å². The molecular formula is C15H14BrN5. The minimum atomic E-state index is 0.0320. The molecule has 0 amide bonds. The highest BCUT2D eigenvalue weighted by molar-refractivity contribution is 9.10. The van der Waals surface area contributed by atoms with Crippen LogP contribution < -0.4 is 5.73 Å². The molecule has 106 valence electrons. The van der Waals surface area contributed by atoms with Gasteiger partial charge in [-0.2, -0.15) is 0 Å². The number of nitrogens with zero attached hydrogens (tertiary/aromatic N) is 4. The Hall–Kier alpha value is -2.21. The Kier molecular flexibility index (Phi) is 3.70. The summed E-state index contributed by atoms with van der Waals surface area (Å²) in [7, 11) is 0. The van der Waals surface area contributed by atoms with Crippen LogP contribution in [0.2, 0.25) is 0 Å². The molecule has 0 bridgehead atoms. The normalized spacial score (nSPS) is 12.3. The Morgan fingerprint density at radius 1 is 1.14 bits per heavy atom. The Morgan fingerprint density at radius 3 is 2.67 bits per heavy atom. The first-order valence-corrected chi connectivity index (χ1v) is 7.34. The summed E-state index contributed by atoms with van der Waals surface area (Å²) in [6.45, 7) is 2.06. The van der Waals surface area contributed by atoms with E-state index >= 15 is 0 Å². The average molecular weight is 344 g/mol. The Bertz CT molecular complexity index is 754. The molecule has 1 aromatic heterocycles. The van der Waals surface area contributed by atoms with Gasteiger partial charge in [-0.25, -0.2) is 4.68 Å². The minimum Gasteiger partial charge on any atom is -0.399 e. The largest absolute Gasteiger partial charge is 0.399 e. The lowest BCUT2D eigenvalue weighted by Gasteiger charge is -2.14. The number of nitrogen functional groups attached to an aromatic ring is 1. The highest BCUT2D eigenvalue weighted by Gasteiger charge is 2.18. The molecule has 0 spiro atoms. The Morgan fingerprint density at radius 2 is 1.90 bits per heavy atom. The van der Waals surface area contributed by atoms with Crippen molar-refractivity contribution in [3.05, 3.63) is 58.6 Å². The second-order valence-corrected chi connectivity index (χ2v) is 5.63. The first-order valence-electron chi connectivity index (χ1n) is 6.55. The second kappa shape index (κ2) is 5.65. The maximum atomic E-state index is 5.87. The van der Waals surface area contributed by atoms with E-state index in [0.717, 1.165) is 15.6 Å². The highest BCUT2D eigenvalue weighted by Crippen LogP contribution is 2.30. The van der Waals surface area contributed by atoms with Crippen LogP contribution >= 0.6 is 15.9 Å². The number of benzene rings is 2. The van der Waals surface area contributed by atoms with Crippen LogP contribution in [0.1, 0.15) is 18.5 Å². The number of tetrazole rings is 1. The molecule has 5 nitrogen and oxygen atoms in total. The van der Waals surface area contributed by atoms with Crippen molar-refractivity contribution in [2.45, 2.75) is 13.0 Å². The molecule has 0 saturated heterocycles. The highest BCUT2D eigenvalue weighted by atomic mass is 79.9. The van der Waals surface area contributed by atoms with Crippen LogP contribution in [0.3, 0.4) is 0 Å². The maximum Gasteiger partial charge on any atom is 0.183 e. The van der Waals surface area contributed by atoms with Gasteiger partial charge in [0.05, 0.1) is 6.04 Å². The van der Waals surface area contributed by atoms with Gasteiger partial charge < -0.3 is 5.73 Å². The predicted molar refractivity (Wildman–Crippen MR) is 85.6 cm³/mol. The molecule has 2 aromatic carbocycles. The Labute approximate surface area is 130 Å². The standard InChI is InChI=1S/C15H14BrN5/c1-10(11-5-3-2-4-6-11)21-15(18-19-20-21)13-9-12(17)7-8-14(13)16/h2-10H,17H2,1H3. The lowest BCUT2D eigenvalue weighted by Crippen LogP contribution is -2.10. The topological polar surface area (TPSA) is 69.6 Å². The van der Waals surface area contributed by atoms with Crippen LogP contribution in [0.15, 0.2) is 53.0 Å². The lowest BCUT2D eigenvalue weighted by molar-refractivity contribution is 0.548. The molecule has 21 heavy (non-hydrogen) atoms. The quantitative estimate of drug-likeness (QED) is 0.740. The summed E-state index contributed by atoms with van der Waals surface area (Å²) in [5.41, 5.74) is 8.57. The molecule has 0 radical (unpaired) electrons. The van der Waals surface area contributed by atoms with Gasteiger partial charge in [0, 0.05) is 15.7 Å². The summed E-state index contributed by atoms with van der Waals surface area (Å²) >= 11 is 3.53. The van der Waals surface area contributed by atoms with Gasteiger partial charge in [-0.05, 0) is 41.1 Å². The van der Waals surface area contributed by atoms with Crippen molar-refractivity contribution in [2.24, 2.45) is 0 Å². The van der Waals surface area contributed by atoms with Crippen LogP contribution in [-0.4, -0.2) is 20.2 Å². The number of rotatable bonds is 3. The fourth-order valence-corrected chi connectivity index (χ4v) is 2.64. The summed E-state index contributed by atoms with van der Waals surface area (Å²) in [4.78, 5) is 0. The molecular weight excluding hydrogens is 330 g/mol. The zero-order valence-electron chi connectivity index (χ0n) is 11.4. The maximum absolute atomic E-state index is 5.87. The molecule has 0 aliphatic rings. The number of halogens is 1. The molecule has 0 fully saturated rings. The van der Waals surface area contributed by atoms with E-state index in [9.17, 15) is 0 Å². The van der Waals surface area contributed by atoms with Crippen molar-refractivity contribution in [1.29, 1.82) is 0 Å².